The molecule has 1 N–H and O–H groups in total. The lowest BCUT2D eigenvalue weighted by Gasteiger charge is -2.36. The Balaban J connectivity index is 1.30. The lowest BCUT2D eigenvalue weighted by atomic mass is 10.2. The number of hydrogen-bond donors (Lipinski definition) is 1. The molecule has 0 spiro atoms. The number of hydrogen-bond acceptors (Lipinski definition) is 5. The molecule has 0 atom stereocenters. The second kappa shape index (κ2) is 8.51. The van der Waals surface area contributed by atoms with Crippen LogP contribution in [-0.2, 0) is 6.54 Å². The van der Waals surface area contributed by atoms with Crippen molar-refractivity contribution in [2.75, 3.05) is 37.9 Å². The molecule has 7 heteroatoms. The molecule has 0 radical (unpaired) electrons. The van der Waals surface area contributed by atoms with Crippen molar-refractivity contribution in [3.05, 3.63) is 48.0 Å². The van der Waals surface area contributed by atoms with E-state index < -0.39 is 0 Å². The summed E-state index contributed by atoms with van der Waals surface area (Å²) in [4.78, 5) is 16.7. The van der Waals surface area contributed by atoms with Crippen LogP contribution < -0.4 is 24.4 Å². The van der Waals surface area contributed by atoms with Crippen molar-refractivity contribution in [3.63, 3.8) is 0 Å². The van der Waals surface area contributed by atoms with Gasteiger partial charge in [-0.1, -0.05) is 18.2 Å². The number of urea groups is 1. The molecule has 2 aromatic carbocycles. The minimum absolute atomic E-state index is 0.0472. The van der Waals surface area contributed by atoms with E-state index in [-0.39, 0.29) is 18.9 Å². The van der Waals surface area contributed by atoms with E-state index in [1.165, 1.54) is 0 Å². The molecular formula is C22H27N3O4. The maximum absolute atomic E-state index is 12.6. The molecular weight excluding hydrogens is 370 g/mol. The average molecular weight is 397 g/mol. The van der Waals surface area contributed by atoms with Crippen LogP contribution in [0, 0.1) is 0 Å². The molecule has 0 aromatic heterocycles. The van der Waals surface area contributed by atoms with Gasteiger partial charge in [0.1, 0.15) is 5.75 Å². The van der Waals surface area contributed by atoms with Crippen molar-refractivity contribution < 1.29 is 19.0 Å². The number of carbonyl (C=O) groups is 1. The Morgan fingerprint density at radius 2 is 1.83 bits per heavy atom. The number of carbonyl (C=O) groups excluding carboxylic acids is 1. The molecule has 154 valence electrons. The van der Waals surface area contributed by atoms with Gasteiger partial charge in [-0.15, -0.1) is 0 Å². The van der Waals surface area contributed by atoms with Gasteiger partial charge in [0.2, 0.25) is 6.79 Å². The molecule has 2 aliphatic rings. The van der Waals surface area contributed by atoms with E-state index in [0.717, 1.165) is 41.6 Å². The van der Waals surface area contributed by atoms with Crippen molar-refractivity contribution in [3.8, 4) is 17.2 Å². The first-order valence-electron chi connectivity index (χ1n) is 10.0. The summed E-state index contributed by atoms with van der Waals surface area (Å²) in [5, 5.41) is 3.00. The second-order valence-corrected chi connectivity index (χ2v) is 7.45. The second-order valence-electron chi connectivity index (χ2n) is 7.45. The van der Waals surface area contributed by atoms with Crippen molar-refractivity contribution in [2.24, 2.45) is 0 Å². The topological polar surface area (TPSA) is 63.3 Å². The molecule has 1 saturated heterocycles. The van der Waals surface area contributed by atoms with Gasteiger partial charge in [0.05, 0.1) is 11.8 Å². The molecule has 2 aliphatic heterocycles. The van der Waals surface area contributed by atoms with Crippen LogP contribution in [0.1, 0.15) is 19.4 Å². The number of anilines is 1. The third-order valence-electron chi connectivity index (χ3n) is 5.02. The lowest BCUT2D eigenvalue weighted by molar-refractivity contribution is 0.174. The van der Waals surface area contributed by atoms with Crippen LogP contribution in [0.15, 0.2) is 42.5 Å². The van der Waals surface area contributed by atoms with Crippen molar-refractivity contribution in [1.29, 1.82) is 0 Å². The highest BCUT2D eigenvalue weighted by Crippen LogP contribution is 2.32. The minimum Gasteiger partial charge on any atom is -0.489 e. The minimum atomic E-state index is -0.0472. The Kier molecular flexibility index (Phi) is 5.64. The maximum atomic E-state index is 12.6. The van der Waals surface area contributed by atoms with Gasteiger partial charge in [-0.05, 0) is 43.7 Å². The van der Waals surface area contributed by atoms with Crippen LogP contribution >= 0.6 is 0 Å². The number of fused-ring (bicyclic) bond motifs is 1. The average Bonchev–Trinajstić information content (AvgIpc) is 3.20. The summed E-state index contributed by atoms with van der Waals surface area (Å²) in [6, 6.07) is 13.8. The van der Waals surface area contributed by atoms with Crippen molar-refractivity contribution >= 4 is 11.7 Å². The Labute approximate surface area is 171 Å². The van der Waals surface area contributed by atoms with Gasteiger partial charge in [-0.2, -0.15) is 0 Å². The molecule has 2 heterocycles. The molecule has 7 nitrogen and oxygen atoms in total. The highest BCUT2D eigenvalue weighted by Gasteiger charge is 2.23. The largest absolute Gasteiger partial charge is 0.489 e. The predicted molar refractivity (Wildman–Crippen MR) is 111 cm³/mol. The number of nitrogens with one attached hydrogen (secondary N) is 1. The standard InChI is InChI=1S/C22H27N3O4/c1-16(2)29-19-6-4-3-5-18(19)24-9-11-25(12-10-24)22(26)23-14-17-7-8-20-21(13-17)28-15-27-20/h3-8,13,16H,9-12,14-15H2,1-2H3,(H,23,26). The van der Waals surface area contributed by atoms with Gasteiger partial charge in [-0.3, -0.25) is 0 Å². The molecule has 0 saturated carbocycles. The monoisotopic (exact) mass is 397 g/mol. The van der Waals surface area contributed by atoms with E-state index in [1.807, 2.05) is 55.1 Å². The first-order valence-corrected chi connectivity index (χ1v) is 10.0. The van der Waals surface area contributed by atoms with E-state index in [9.17, 15) is 4.79 Å². The summed E-state index contributed by atoms with van der Waals surface area (Å²) in [6.07, 6.45) is 0.124. The smallest absolute Gasteiger partial charge is 0.317 e. The number of para-hydroxylation sites is 2. The molecule has 2 amide bonds. The van der Waals surface area contributed by atoms with Gasteiger partial charge in [0, 0.05) is 32.7 Å². The highest BCUT2D eigenvalue weighted by molar-refractivity contribution is 5.74. The number of ether oxygens (including phenoxy) is 3. The summed E-state index contributed by atoms with van der Waals surface area (Å²) < 4.78 is 16.6. The van der Waals surface area contributed by atoms with E-state index in [4.69, 9.17) is 14.2 Å². The molecule has 29 heavy (non-hydrogen) atoms. The summed E-state index contributed by atoms with van der Waals surface area (Å²) in [5.41, 5.74) is 2.07. The van der Waals surface area contributed by atoms with Gasteiger partial charge in [0.15, 0.2) is 11.5 Å². The van der Waals surface area contributed by atoms with Crippen LogP contribution in [0.25, 0.3) is 0 Å². The number of rotatable bonds is 5. The lowest BCUT2D eigenvalue weighted by Crippen LogP contribution is -2.51. The summed E-state index contributed by atoms with van der Waals surface area (Å²) in [6.45, 7) is 7.65. The van der Waals surface area contributed by atoms with Crippen LogP contribution in [0.3, 0.4) is 0 Å². The van der Waals surface area contributed by atoms with E-state index >= 15 is 0 Å². The van der Waals surface area contributed by atoms with Crippen molar-refractivity contribution in [2.45, 2.75) is 26.5 Å². The molecule has 4 rings (SSSR count). The van der Waals surface area contributed by atoms with Crippen LogP contribution in [0.4, 0.5) is 10.5 Å². The van der Waals surface area contributed by atoms with Gasteiger partial charge in [-0.25, -0.2) is 4.79 Å². The molecule has 0 unspecified atom stereocenters. The fourth-order valence-corrected chi connectivity index (χ4v) is 3.56. The molecule has 0 aliphatic carbocycles. The first kappa shape index (κ1) is 19.2. The summed E-state index contributed by atoms with van der Waals surface area (Å²) in [5.74, 6) is 2.37. The molecule has 1 fully saturated rings. The van der Waals surface area contributed by atoms with Crippen molar-refractivity contribution in [1.82, 2.24) is 10.2 Å². The van der Waals surface area contributed by atoms with Crippen LogP contribution in [0.2, 0.25) is 0 Å². The van der Waals surface area contributed by atoms with Gasteiger partial charge >= 0.3 is 6.03 Å². The Morgan fingerprint density at radius 3 is 2.62 bits per heavy atom. The van der Waals surface area contributed by atoms with E-state index in [0.29, 0.717) is 19.6 Å². The number of piperazine rings is 1. The molecule has 0 bridgehead atoms. The van der Waals surface area contributed by atoms with Crippen LogP contribution in [0.5, 0.6) is 17.2 Å². The third-order valence-corrected chi connectivity index (χ3v) is 5.02. The zero-order valence-electron chi connectivity index (χ0n) is 16.9. The quantitative estimate of drug-likeness (QED) is 0.839. The first-order chi connectivity index (χ1) is 14.1. The Morgan fingerprint density at radius 1 is 1.07 bits per heavy atom. The molecule has 2 aromatic rings. The predicted octanol–water partition coefficient (Wildman–Crippen LogP) is 3.23. The van der Waals surface area contributed by atoms with Gasteiger partial charge in [0.25, 0.3) is 0 Å². The SMILES string of the molecule is CC(C)Oc1ccccc1N1CCN(C(=O)NCc2ccc3c(c2)OCO3)CC1. The van der Waals surface area contributed by atoms with Crippen LogP contribution in [-0.4, -0.2) is 50.0 Å². The van der Waals surface area contributed by atoms with Gasteiger partial charge < -0.3 is 29.3 Å². The fraction of sp³-hybridized carbons (Fsp3) is 0.409. The number of amides is 2. The summed E-state index contributed by atoms with van der Waals surface area (Å²) >= 11 is 0. The van der Waals surface area contributed by atoms with E-state index in [2.05, 4.69) is 16.3 Å². The highest BCUT2D eigenvalue weighted by atomic mass is 16.7. The summed E-state index contributed by atoms with van der Waals surface area (Å²) in [7, 11) is 0. The zero-order chi connectivity index (χ0) is 20.2. The zero-order valence-corrected chi connectivity index (χ0v) is 16.9. The normalized spacial score (nSPS) is 15.6. The number of benzene rings is 2. The Hall–Kier alpha value is -3.09. The number of nitrogens with zero attached hydrogens (tertiary/aromatic N) is 2. The third kappa shape index (κ3) is 4.50. The van der Waals surface area contributed by atoms with E-state index in [1.54, 1.807) is 0 Å². The maximum Gasteiger partial charge on any atom is 0.317 e. The Bertz CT molecular complexity index is 863. The fourth-order valence-electron chi connectivity index (χ4n) is 3.56.